The monoisotopic (exact) mass is 390 g/mol. The summed E-state index contributed by atoms with van der Waals surface area (Å²) in [4.78, 5) is 0. The smallest absolute Gasteiger partial charge is 0.209 e. The summed E-state index contributed by atoms with van der Waals surface area (Å²) in [5, 5.41) is 2.46. The van der Waals surface area contributed by atoms with Crippen LogP contribution in [0.5, 0.6) is 5.75 Å². The summed E-state index contributed by atoms with van der Waals surface area (Å²) < 4.78 is 12.4. The standard InChI is InChI=1S/C27H34O2/c1-6-20(7-2)21-14-15-23-19-25(17-16-22(23)18-21)29-26(28-8-3)27(4,5)24-12-10-9-11-13-24/h9-20,26H,6-8H2,1-5H3. The molecular weight excluding hydrogens is 356 g/mol. The van der Waals surface area contributed by atoms with E-state index in [0.29, 0.717) is 12.5 Å². The first-order valence-electron chi connectivity index (χ1n) is 10.9. The van der Waals surface area contributed by atoms with Crippen LogP contribution in [0.2, 0.25) is 0 Å². The lowest BCUT2D eigenvalue weighted by atomic mass is 9.84. The largest absolute Gasteiger partial charge is 0.464 e. The van der Waals surface area contributed by atoms with Gasteiger partial charge in [-0.1, -0.05) is 68.4 Å². The maximum absolute atomic E-state index is 6.38. The van der Waals surface area contributed by atoms with Crippen molar-refractivity contribution in [3.05, 3.63) is 77.9 Å². The summed E-state index contributed by atoms with van der Waals surface area (Å²) in [6.07, 6.45) is 1.98. The Morgan fingerprint density at radius 1 is 0.793 bits per heavy atom. The molecule has 0 bridgehead atoms. The van der Waals surface area contributed by atoms with Crippen molar-refractivity contribution in [2.75, 3.05) is 6.61 Å². The van der Waals surface area contributed by atoms with E-state index in [1.165, 1.54) is 34.7 Å². The van der Waals surface area contributed by atoms with Gasteiger partial charge in [-0.2, -0.15) is 0 Å². The average molecular weight is 391 g/mol. The van der Waals surface area contributed by atoms with Crippen LogP contribution in [0.1, 0.15) is 64.5 Å². The fraction of sp³-hybridized carbons (Fsp3) is 0.407. The molecule has 1 unspecified atom stereocenters. The van der Waals surface area contributed by atoms with Crippen molar-refractivity contribution in [3.63, 3.8) is 0 Å². The molecule has 0 aliphatic carbocycles. The molecule has 0 aliphatic rings. The maximum Gasteiger partial charge on any atom is 0.209 e. The van der Waals surface area contributed by atoms with Gasteiger partial charge in [0.05, 0.1) is 5.41 Å². The van der Waals surface area contributed by atoms with E-state index < -0.39 is 0 Å². The Kier molecular flexibility index (Phi) is 6.97. The Labute approximate surface area is 175 Å². The van der Waals surface area contributed by atoms with E-state index in [1.807, 2.05) is 13.0 Å². The van der Waals surface area contributed by atoms with Gasteiger partial charge in [-0.05, 0) is 73.6 Å². The predicted octanol–water partition coefficient (Wildman–Crippen LogP) is 7.46. The summed E-state index contributed by atoms with van der Waals surface area (Å²) in [6.45, 7) is 11.5. The number of hydrogen-bond donors (Lipinski definition) is 0. The molecule has 3 aromatic rings. The lowest BCUT2D eigenvalue weighted by Gasteiger charge is -2.34. The number of fused-ring (bicyclic) bond motifs is 1. The molecule has 0 radical (unpaired) electrons. The fourth-order valence-electron chi connectivity index (χ4n) is 4.00. The van der Waals surface area contributed by atoms with Gasteiger partial charge in [0, 0.05) is 6.61 Å². The Hall–Kier alpha value is -2.32. The summed E-state index contributed by atoms with van der Waals surface area (Å²) >= 11 is 0. The summed E-state index contributed by atoms with van der Waals surface area (Å²) in [5.74, 6) is 1.47. The van der Waals surface area contributed by atoms with Crippen molar-refractivity contribution in [1.29, 1.82) is 0 Å². The minimum absolute atomic E-state index is 0.272. The van der Waals surface area contributed by atoms with Gasteiger partial charge in [-0.15, -0.1) is 0 Å². The van der Waals surface area contributed by atoms with Gasteiger partial charge in [0.25, 0.3) is 0 Å². The molecule has 0 amide bonds. The summed E-state index contributed by atoms with van der Waals surface area (Å²) in [5.41, 5.74) is 2.36. The van der Waals surface area contributed by atoms with E-state index in [-0.39, 0.29) is 11.7 Å². The average Bonchev–Trinajstić information content (AvgIpc) is 2.75. The van der Waals surface area contributed by atoms with E-state index in [0.717, 1.165) is 5.75 Å². The van der Waals surface area contributed by atoms with Crippen LogP contribution in [-0.4, -0.2) is 12.9 Å². The molecule has 0 fully saturated rings. The molecule has 0 aromatic heterocycles. The van der Waals surface area contributed by atoms with Crippen molar-refractivity contribution in [1.82, 2.24) is 0 Å². The van der Waals surface area contributed by atoms with E-state index in [1.54, 1.807) is 0 Å². The van der Waals surface area contributed by atoms with Gasteiger partial charge in [0.2, 0.25) is 6.29 Å². The van der Waals surface area contributed by atoms with Crippen LogP contribution in [0.25, 0.3) is 10.8 Å². The van der Waals surface area contributed by atoms with Gasteiger partial charge < -0.3 is 9.47 Å². The highest BCUT2D eigenvalue weighted by molar-refractivity contribution is 5.84. The minimum atomic E-state index is -0.365. The van der Waals surface area contributed by atoms with E-state index in [4.69, 9.17) is 9.47 Å². The molecule has 3 aromatic carbocycles. The molecule has 2 nitrogen and oxygen atoms in total. The number of benzene rings is 3. The van der Waals surface area contributed by atoms with Crippen LogP contribution < -0.4 is 4.74 Å². The third kappa shape index (κ3) is 4.82. The molecule has 3 rings (SSSR count). The van der Waals surface area contributed by atoms with Crippen molar-refractivity contribution in [2.24, 2.45) is 0 Å². The van der Waals surface area contributed by atoms with Crippen LogP contribution in [0.3, 0.4) is 0 Å². The first-order valence-corrected chi connectivity index (χ1v) is 10.9. The molecule has 0 saturated heterocycles. The Morgan fingerprint density at radius 3 is 2.10 bits per heavy atom. The van der Waals surface area contributed by atoms with Gasteiger partial charge in [-0.3, -0.25) is 0 Å². The first kappa shape index (κ1) is 21.4. The molecular formula is C27H34O2. The summed E-state index contributed by atoms with van der Waals surface area (Å²) in [6, 6.07) is 23.6. The molecule has 0 spiro atoms. The predicted molar refractivity (Wildman–Crippen MR) is 123 cm³/mol. The lowest BCUT2D eigenvalue weighted by molar-refractivity contribution is -0.116. The lowest BCUT2D eigenvalue weighted by Crippen LogP contribution is -2.40. The third-order valence-corrected chi connectivity index (χ3v) is 5.96. The summed E-state index contributed by atoms with van der Waals surface area (Å²) in [7, 11) is 0. The number of ether oxygens (including phenoxy) is 2. The Morgan fingerprint density at radius 2 is 1.45 bits per heavy atom. The van der Waals surface area contributed by atoms with E-state index in [9.17, 15) is 0 Å². The Bertz CT molecular complexity index is 910. The van der Waals surface area contributed by atoms with Gasteiger partial charge in [0.15, 0.2) is 0 Å². The highest BCUT2D eigenvalue weighted by Gasteiger charge is 2.34. The van der Waals surface area contributed by atoms with Crippen LogP contribution in [0.4, 0.5) is 0 Å². The van der Waals surface area contributed by atoms with Crippen molar-refractivity contribution < 1.29 is 9.47 Å². The zero-order valence-corrected chi connectivity index (χ0v) is 18.4. The second kappa shape index (κ2) is 9.45. The minimum Gasteiger partial charge on any atom is -0.464 e. The Balaban J connectivity index is 1.87. The molecule has 2 heteroatoms. The van der Waals surface area contributed by atoms with E-state index in [2.05, 4.69) is 88.4 Å². The van der Waals surface area contributed by atoms with Crippen molar-refractivity contribution in [3.8, 4) is 5.75 Å². The second-order valence-electron chi connectivity index (χ2n) is 8.27. The highest BCUT2D eigenvalue weighted by atomic mass is 16.7. The van der Waals surface area contributed by atoms with Crippen LogP contribution in [0.15, 0.2) is 66.7 Å². The van der Waals surface area contributed by atoms with Gasteiger partial charge in [-0.25, -0.2) is 0 Å². The molecule has 0 aliphatic heterocycles. The molecule has 0 heterocycles. The van der Waals surface area contributed by atoms with E-state index >= 15 is 0 Å². The quantitative estimate of drug-likeness (QED) is 0.353. The molecule has 0 saturated carbocycles. The molecule has 0 N–H and O–H groups in total. The number of hydrogen-bond acceptors (Lipinski definition) is 2. The molecule has 154 valence electrons. The van der Waals surface area contributed by atoms with Crippen LogP contribution in [0, 0.1) is 0 Å². The highest BCUT2D eigenvalue weighted by Crippen LogP contribution is 2.33. The molecule has 29 heavy (non-hydrogen) atoms. The maximum atomic E-state index is 6.38. The van der Waals surface area contributed by atoms with Gasteiger partial charge >= 0.3 is 0 Å². The van der Waals surface area contributed by atoms with Crippen LogP contribution >= 0.6 is 0 Å². The molecule has 1 atom stereocenters. The van der Waals surface area contributed by atoms with Crippen molar-refractivity contribution in [2.45, 2.75) is 65.1 Å². The normalized spacial score (nSPS) is 13.0. The number of rotatable bonds is 9. The third-order valence-electron chi connectivity index (χ3n) is 5.96. The fourth-order valence-corrected chi connectivity index (χ4v) is 4.00. The van der Waals surface area contributed by atoms with Crippen LogP contribution in [-0.2, 0) is 10.2 Å². The SMILES string of the molecule is CCOC(Oc1ccc2cc(C(CC)CC)ccc2c1)C(C)(C)c1ccccc1. The zero-order valence-electron chi connectivity index (χ0n) is 18.4. The first-order chi connectivity index (χ1) is 14.0. The second-order valence-corrected chi connectivity index (χ2v) is 8.27. The van der Waals surface area contributed by atoms with Gasteiger partial charge in [0.1, 0.15) is 5.75 Å². The zero-order chi connectivity index (χ0) is 20.9. The topological polar surface area (TPSA) is 18.5 Å². The van der Waals surface area contributed by atoms with Crippen molar-refractivity contribution >= 4 is 10.8 Å².